The summed E-state index contributed by atoms with van der Waals surface area (Å²) in [7, 11) is 1.54. The second-order valence-corrected chi connectivity index (χ2v) is 2.70. The zero-order valence-electron chi connectivity index (χ0n) is 7.08. The van der Waals surface area contributed by atoms with Crippen molar-refractivity contribution in [3.05, 3.63) is 23.6 Å². The van der Waals surface area contributed by atoms with Gasteiger partial charge in [0.15, 0.2) is 0 Å². The van der Waals surface area contributed by atoms with E-state index in [4.69, 9.17) is 16.3 Å². The Morgan fingerprint density at radius 2 is 2.14 bits per heavy atom. The maximum atomic E-state index is 5.79. The number of halogens is 1. The average Bonchev–Trinajstić information content (AvgIpc) is 2.18. The second-order valence-electron chi connectivity index (χ2n) is 2.34. The van der Waals surface area contributed by atoms with Crippen molar-refractivity contribution in [3.8, 4) is 5.88 Å². The molecule has 0 aliphatic rings. The minimum atomic E-state index is 0. The van der Waals surface area contributed by atoms with Gasteiger partial charge in [-0.2, -0.15) is 0 Å². The standard InChI is InChI=1S/C8H5ClN3O.Es/c1-13-6-3-2-5-7(9)10-4-11-8(5)12-6;/h2-3H,1H3;/q-1;. The molecule has 0 aromatic carbocycles. The molecule has 0 aliphatic heterocycles. The fraction of sp³-hybridized carbons (Fsp3) is 0.125. The number of aromatic nitrogens is 3. The third-order valence-corrected chi connectivity index (χ3v) is 1.87. The predicted molar refractivity (Wildman–Crippen MR) is 47.7 cm³/mol. The minimum Gasteiger partial charge on any atom is -0.482 e. The maximum Gasteiger partial charge on any atom is 0.202 e. The molecule has 0 saturated carbocycles. The van der Waals surface area contributed by atoms with Gasteiger partial charge in [0.1, 0.15) is 0 Å². The Hall–Kier alpha value is -2.42. The fourth-order valence-corrected chi connectivity index (χ4v) is 1.15. The van der Waals surface area contributed by atoms with Crippen LogP contribution in [0, 0.1) is 6.33 Å². The first-order valence-corrected chi connectivity index (χ1v) is 3.93. The fourth-order valence-electron chi connectivity index (χ4n) is 0.967. The molecule has 77 valence electrons. The van der Waals surface area contributed by atoms with Crippen LogP contribution in [0.4, 0.5) is 0 Å². The van der Waals surface area contributed by atoms with Crippen molar-refractivity contribution < 1.29 is 4.74 Å². The van der Waals surface area contributed by atoms with E-state index in [9.17, 15) is 0 Å². The third-order valence-electron chi connectivity index (χ3n) is 1.59. The van der Waals surface area contributed by atoms with E-state index in [1.807, 2.05) is 0 Å². The summed E-state index contributed by atoms with van der Waals surface area (Å²) in [6.45, 7) is 0. The minimum absolute atomic E-state index is 0. The smallest absolute Gasteiger partial charge is 0.202 e. The van der Waals surface area contributed by atoms with E-state index in [0.29, 0.717) is 22.1 Å². The first kappa shape index (κ1) is 9.67. The molecule has 0 unspecified atom stereocenters. The van der Waals surface area contributed by atoms with Crippen LogP contribution < -0.4 is 4.74 Å². The summed E-state index contributed by atoms with van der Waals surface area (Å²) >= 11 is 5.79. The van der Waals surface area contributed by atoms with Crippen molar-refractivity contribution in [2.45, 2.75) is 0 Å². The van der Waals surface area contributed by atoms with Gasteiger partial charge in [-0.1, -0.05) is 11.5 Å². The van der Waals surface area contributed by atoms with Crippen LogP contribution in [-0.2, 0) is 0 Å². The summed E-state index contributed by atoms with van der Waals surface area (Å²) < 4.78 is 4.93. The number of pyridine rings is 1. The summed E-state index contributed by atoms with van der Waals surface area (Å²) in [6, 6.07) is 3.47. The molecule has 4 nitrogen and oxygen atoms in total. The van der Waals surface area contributed by atoms with Crippen molar-refractivity contribution in [2.24, 2.45) is 0 Å². The van der Waals surface area contributed by atoms with Crippen molar-refractivity contribution in [1.29, 1.82) is 0 Å². The van der Waals surface area contributed by atoms with Gasteiger partial charge in [-0.05, 0) is 6.07 Å². The molecule has 0 amide bonds. The van der Waals surface area contributed by atoms with Crippen LogP contribution >= 0.6 is 11.6 Å². The van der Waals surface area contributed by atoms with E-state index in [1.165, 1.54) is 0 Å². The molecule has 0 atom stereocenters. The van der Waals surface area contributed by atoms with Gasteiger partial charge in [0.05, 0.1) is 12.8 Å². The number of fused-ring (bicyclic) bond motifs is 1. The van der Waals surface area contributed by atoms with Crippen LogP contribution in [0.3, 0.4) is 0 Å². The first-order valence-electron chi connectivity index (χ1n) is 3.55. The number of methoxy groups -OCH3 is 1. The summed E-state index contributed by atoms with van der Waals surface area (Å²) in [5.41, 5.74) is 0.486. The molecule has 14 heavy (non-hydrogen) atoms. The topological polar surface area (TPSA) is 47.9 Å². The Kier molecular flexibility index (Phi) is 2.44. The van der Waals surface area contributed by atoms with Crippen molar-refractivity contribution in [3.63, 3.8) is 0 Å². The van der Waals surface area contributed by atoms with E-state index >= 15 is 0 Å². The summed E-state index contributed by atoms with van der Waals surface area (Å²) in [6.07, 6.45) is 2.40. The number of hydrogen-bond donors (Lipinski definition) is 0. The first-order chi connectivity index (χ1) is 6.31. The van der Waals surface area contributed by atoms with Crippen molar-refractivity contribution in [1.82, 2.24) is 15.0 Å². The summed E-state index contributed by atoms with van der Waals surface area (Å²) in [5.74, 6) is 0.496. The van der Waals surface area contributed by atoms with E-state index < -0.39 is 0 Å². The Morgan fingerprint density at radius 1 is 1.36 bits per heavy atom. The molecule has 2 rings (SSSR count). The Morgan fingerprint density at radius 3 is 2.86 bits per heavy atom. The molecule has 0 saturated heterocycles. The zero-order chi connectivity index (χ0) is 9.26. The van der Waals surface area contributed by atoms with Crippen LogP contribution in [-0.4, -0.2) is 22.1 Å². The Balaban J connectivity index is 0.000000980. The Bertz CT molecular complexity index is 452. The zero-order valence-corrected chi connectivity index (χ0v) is 10.4. The van der Waals surface area contributed by atoms with Crippen LogP contribution in [0.25, 0.3) is 11.0 Å². The van der Waals surface area contributed by atoms with E-state index in [0.717, 1.165) is 0 Å². The molecule has 0 fully saturated rings. The van der Waals surface area contributed by atoms with Gasteiger partial charge in [-0.25, -0.2) is 0 Å². The van der Waals surface area contributed by atoms with Crippen LogP contribution in [0.1, 0.15) is 0 Å². The molecule has 0 spiro atoms. The van der Waals surface area contributed by atoms with Crippen LogP contribution in [0.5, 0.6) is 5.88 Å². The molecule has 0 aliphatic carbocycles. The van der Waals surface area contributed by atoms with Gasteiger partial charge in [-0.3, -0.25) is 4.98 Å². The predicted octanol–water partition coefficient (Wildman–Crippen LogP) is 1.49. The molecular weight excluding hydrogens is 442 g/mol. The van der Waals surface area contributed by atoms with E-state index in [2.05, 4.69) is 21.3 Å². The summed E-state index contributed by atoms with van der Waals surface area (Å²) in [5, 5.41) is 1.04. The van der Waals surface area contributed by atoms with Gasteiger partial charge in [-0.15, -0.1) is 11.6 Å². The average molecular weight is 447 g/mol. The summed E-state index contributed by atoms with van der Waals surface area (Å²) in [4.78, 5) is 11.6. The van der Waals surface area contributed by atoms with Crippen molar-refractivity contribution in [2.75, 3.05) is 7.11 Å². The van der Waals surface area contributed by atoms with Crippen LogP contribution in [0.2, 0.25) is 5.15 Å². The molecule has 0 bridgehead atoms. The molecular formula is C8H5ClEsN3O-. The maximum absolute atomic E-state index is 5.79. The normalized spacial score (nSPS) is 9.57. The van der Waals surface area contributed by atoms with Crippen LogP contribution in [0.15, 0.2) is 12.1 Å². The largest absolute Gasteiger partial charge is 0.482 e. The molecule has 2 aromatic heterocycles. The third kappa shape index (κ3) is 1.38. The van der Waals surface area contributed by atoms with E-state index in [1.54, 1.807) is 19.2 Å². The van der Waals surface area contributed by atoms with Gasteiger partial charge in [0, 0.05) is 11.5 Å². The Labute approximate surface area is 79.6 Å². The van der Waals surface area contributed by atoms with Gasteiger partial charge in [0.25, 0.3) is 0 Å². The molecule has 2 heterocycles. The van der Waals surface area contributed by atoms with Gasteiger partial charge >= 0.3 is 0 Å². The number of rotatable bonds is 1. The van der Waals surface area contributed by atoms with Crippen molar-refractivity contribution >= 4 is 22.6 Å². The second kappa shape index (κ2) is 3.53. The molecule has 2 aromatic rings. The number of hydrogen-bond acceptors (Lipinski definition) is 4. The molecule has 0 N–H and O–H groups in total. The molecule has 1 radical (unpaired) electrons. The van der Waals surface area contributed by atoms with E-state index in [-0.39, 0.29) is 0 Å². The quantitative estimate of drug-likeness (QED) is 0.492. The molecule has 6 heteroatoms. The number of ether oxygens (including phenoxy) is 1. The van der Waals surface area contributed by atoms with Gasteiger partial charge < -0.3 is 14.7 Å². The van der Waals surface area contributed by atoms with Gasteiger partial charge in [0.2, 0.25) is 5.88 Å². The monoisotopic (exact) mass is 446 g/mol. The SMILES string of the molecule is COc1ccc2c(Cl)n[c-]nc2n1.[Es]. The number of nitrogens with zero attached hydrogens (tertiary/aromatic N) is 3.